The fourth-order valence-corrected chi connectivity index (χ4v) is 1.84. The van der Waals surface area contributed by atoms with Crippen LogP contribution in [0.2, 0.25) is 5.02 Å². The largest absolute Gasteiger partial charge is 0.397 e. The highest BCUT2D eigenvalue weighted by atomic mass is 35.5. The summed E-state index contributed by atoms with van der Waals surface area (Å²) in [5.41, 5.74) is 8.28. The van der Waals surface area contributed by atoms with Crippen molar-refractivity contribution in [3.63, 3.8) is 0 Å². The molecule has 1 amide bonds. The zero-order valence-electron chi connectivity index (χ0n) is 8.11. The number of nitrogens with two attached hydrogens (primary N) is 1. The Hall–Kier alpha value is -1.59. The standard InChI is InChI=1S/C10H8ClN3OS/c11-6-1-2-7(12)8(3-6)14-10(15)9-4-13-5-16-9/h1-5H,12H2,(H,14,15). The van der Waals surface area contributed by atoms with Crippen molar-refractivity contribution in [2.45, 2.75) is 0 Å². The van der Waals surface area contributed by atoms with Gasteiger partial charge in [0.15, 0.2) is 0 Å². The molecule has 0 radical (unpaired) electrons. The van der Waals surface area contributed by atoms with Gasteiger partial charge in [0.05, 0.1) is 23.1 Å². The molecule has 82 valence electrons. The van der Waals surface area contributed by atoms with E-state index in [2.05, 4.69) is 10.3 Å². The molecule has 0 atom stereocenters. The molecule has 0 saturated carbocycles. The monoisotopic (exact) mass is 253 g/mol. The van der Waals surface area contributed by atoms with E-state index in [1.807, 2.05) is 0 Å². The zero-order chi connectivity index (χ0) is 11.5. The third-order valence-corrected chi connectivity index (χ3v) is 2.93. The maximum Gasteiger partial charge on any atom is 0.267 e. The Balaban J connectivity index is 2.21. The highest BCUT2D eigenvalue weighted by Crippen LogP contribution is 2.23. The van der Waals surface area contributed by atoms with Crippen molar-refractivity contribution in [3.05, 3.63) is 39.8 Å². The van der Waals surface area contributed by atoms with E-state index in [9.17, 15) is 4.79 Å². The molecule has 2 rings (SSSR count). The predicted molar refractivity (Wildman–Crippen MR) is 65.9 cm³/mol. The smallest absolute Gasteiger partial charge is 0.267 e. The Morgan fingerprint density at radius 3 is 3.00 bits per heavy atom. The van der Waals surface area contributed by atoms with E-state index < -0.39 is 0 Å². The predicted octanol–water partition coefficient (Wildman–Crippen LogP) is 2.63. The lowest BCUT2D eigenvalue weighted by molar-refractivity contribution is 0.103. The maximum atomic E-state index is 11.7. The molecule has 0 spiro atoms. The lowest BCUT2D eigenvalue weighted by Gasteiger charge is -2.06. The number of aromatic nitrogens is 1. The van der Waals surface area contributed by atoms with Crippen LogP contribution in [0.25, 0.3) is 0 Å². The normalized spacial score (nSPS) is 10.1. The van der Waals surface area contributed by atoms with Gasteiger partial charge in [0.1, 0.15) is 4.88 Å². The quantitative estimate of drug-likeness (QED) is 0.809. The number of anilines is 2. The highest BCUT2D eigenvalue weighted by Gasteiger charge is 2.09. The number of rotatable bonds is 2. The number of carbonyl (C=O) groups excluding carboxylic acids is 1. The van der Waals surface area contributed by atoms with Crippen molar-refractivity contribution < 1.29 is 4.79 Å². The molecule has 0 aliphatic heterocycles. The van der Waals surface area contributed by atoms with Gasteiger partial charge in [-0.2, -0.15) is 0 Å². The van der Waals surface area contributed by atoms with Gasteiger partial charge in [0.2, 0.25) is 0 Å². The number of nitrogen functional groups attached to an aromatic ring is 1. The van der Waals surface area contributed by atoms with E-state index >= 15 is 0 Å². The van der Waals surface area contributed by atoms with Gasteiger partial charge in [-0.15, -0.1) is 11.3 Å². The lowest BCUT2D eigenvalue weighted by atomic mass is 10.2. The van der Waals surface area contributed by atoms with Gasteiger partial charge in [-0.25, -0.2) is 0 Å². The number of benzene rings is 1. The van der Waals surface area contributed by atoms with Gasteiger partial charge in [0.25, 0.3) is 5.91 Å². The van der Waals surface area contributed by atoms with Crippen LogP contribution in [0.5, 0.6) is 0 Å². The van der Waals surface area contributed by atoms with Crippen LogP contribution >= 0.6 is 22.9 Å². The Kier molecular flexibility index (Phi) is 3.07. The van der Waals surface area contributed by atoms with Gasteiger partial charge in [-0.05, 0) is 18.2 Å². The SMILES string of the molecule is Nc1ccc(Cl)cc1NC(=O)c1cncs1. The van der Waals surface area contributed by atoms with Crippen LogP contribution < -0.4 is 11.1 Å². The summed E-state index contributed by atoms with van der Waals surface area (Å²) in [6, 6.07) is 4.92. The number of halogens is 1. The summed E-state index contributed by atoms with van der Waals surface area (Å²) in [5.74, 6) is -0.239. The average molecular weight is 254 g/mol. The minimum absolute atomic E-state index is 0.239. The molecule has 1 heterocycles. The Bertz CT molecular complexity index is 513. The summed E-state index contributed by atoms with van der Waals surface area (Å²) >= 11 is 7.07. The molecule has 4 nitrogen and oxygen atoms in total. The van der Waals surface area contributed by atoms with Crippen LogP contribution in [-0.2, 0) is 0 Å². The fraction of sp³-hybridized carbons (Fsp3) is 0. The van der Waals surface area contributed by atoms with E-state index in [0.29, 0.717) is 21.3 Å². The van der Waals surface area contributed by atoms with Crippen molar-refractivity contribution in [2.75, 3.05) is 11.1 Å². The first kappa shape index (κ1) is 10.9. The van der Waals surface area contributed by atoms with Gasteiger partial charge in [0, 0.05) is 5.02 Å². The molecule has 0 unspecified atom stereocenters. The molecule has 2 aromatic rings. The lowest BCUT2D eigenvalue weighted by Crippen LogP contribution is -2.11. The summed E-state index contributed by atoms with van der Waals surface area (Å²) in [6.07, 6.45) is 1.50. The Morgan fingerprint density at radius 1 is 1.50 bits per heavy atom. The molecular weight excluding hydrogens is 246 g/mol. The van der Waals surface area contributed by atoms with E-state index in [4.69, 9.17) is 17.3 Å². The summed E-state index contributed by atoms with van der Waals surface area (Å²) in [7, 11) is 0. The fourth-order valence-electron chi connectivity index (χ4n) is 1.15. The maximum absolute atomic E-state index is 11.7. The molecule has 0 aliphatic carbocycles. The molecule has 0 fully saturated rings. The molecule has 6 heteroatoms. The van der Waals surface area contributed by atoms with Gasteiger partial charge < -0.3 is 11.1 Å². The van der Waals surface area contributed by atoms with Gasteiger partial charge in [-0.1, -0.05) is 11.6 Å². The van der Waals surface area contributed by atoms with Crippen molar-refractivity contribution in [1.82, 2.24) is 4.98 Å². The third kappa shape index (κ3) is 2.32. The zero-order valence-corrected chi connectivity index (χ0v) is 9.68. The molecule has 16 heavy (non-hydrogen) atoms. The number of amides is 1. The second-order valence-electron chi connectivity index (χ2n) is 3.05. The first-order chi connectivity index (χ1) is 7.66. The van der Waals surface area contributed by atoms with Crippen molar-refractivity contribution in [1.29, 1.82) is 0 Å². The number of thiazole rings is 1. The van der Waals surface area contributed by atoms with Gasteiger partial charge in [-0.3, -0.25) is 9.78 Å². The minimum Gasteiger partial charge on any atom is -0.397 e. The van der Waals surface area contributed by atoms with Crippen molar-refractivity contribution in [3.8, 4) is 0 Å². The summed E-state index contributed by atoms with van der Waals surface area (Å²) in [6.45, 7) is 0. The number of hydrogen-bond donors (Lipinski definition) is 2. The third-order valence-electron chi connectivity index (χ3n) is 1.92. The highest BCUT2D eigenvalue weighted by molar-refractivity contribution is 7.11. The topological polar surface area (TPSA) is 68.0 Å². The molecular formula is C10H8ClN3OS. The molecule has 3 N–H and O–H groups in total. The van der Waals surface area contributed by atoms with Crippen molar-refractivity contribution in [2.24, 2.45) is 0 Å². The molecule has 0 saturated heterocycles. The van der Waals surface area contributed by atoms with E-state index in [-0.39, 0.29) is 5.91 Å². The average Bonchev–Trinajstić information content (AvgIpc) is 2.76. The van der Waals surface area contributed by atoms with E-state index in [1.165, 1.54) is 17.5 Å². The van der Waals surface area contributed by atoms with Crippen LogP contribution in [-0.4, -0.2) is 10.9 Å². The van der Waals surface area contributed by atoms with E-state index in [0.717, 1.165) is 0 Å². The van der Waals surface area contributed by atoms with Crippen molar-refractivity contribution >= 4 is 40.2 Å². The Morgan fingerprint density at radius 2 is 2.31 bits per heavy atom. The van der Waals surface area contributed by atoms with Gasteiger partial charge >= 0.3 is 0 Å². The number of nitrogens with one attached hydrogen (secondary N) is 1. The number of carbonyl (C=O) groups is 1. The molecule has 1 aromatic heterocycles. The second-order valence-corrected chi connectivity index (χ2v) is 4.37. The molecule has 0 aliphatic rings. The van der Waals surface area contributed by atoms with Crippen LogP contribution in [0.15, 0.2) is 29.9 Å². The van der Waals surface area contributed by atoms with Crippen LogP contribution in [0.1, 0.15) is 9.67 Å². The first-order valence-electron chi connectivity index (χ1n) is 4.41. The van der Waals surface area contributed by atoms with Crippen LogP contribution in [0.4, 0.5) is 11.4 Å². The number of hydrogen-bond acceptors (Lipinski definition) is 4. The summed E-state index contributed by atoms with van der Waals surface area (Å²) < 4.78 is 0. The Labute approximate surface area is 101 Å². The van der Waals surface area contributed by atoms with E-state index in [1.54, 1.807) is 23.7 Å². The second kappa shape index (κ2) is 4.51. The summed E-state index contributed by atoms with van der Waals surface area (Å²) in [4.78, 5) is 16.1. The van der Waals surface area contributed by atoms with Crippen LogP contribution in [0, 0.1) is 0 Å². The number of nitrogens with zero attached hydrogens (tertiary/aromatic N) is 1. The minimum atomic E-state index is -0.239. The molecule has 0 bridgehead atoms. The van der Waals surface area contributed by atoms with Crippen LogP contribution in [0.3, 0.4) is 0 Å². The first-order valence-corrected chi connectivity index (χ1v) is 5.67. The molecule has 1 aromatic carbocycles. The summed E-state index contributed by atoms with van der Waals surface area (Å²) in [5, 5.41) is 3.20.